The number of aromatic nitrogens is 1. The van der Waals surface area contributed by atoms with Gasteiger partial charge in [-0.3, -0.25) is 4.55 Å². The summed E-state index contributed by atoms with van der Waals surface area (Å²) in [6, 6.07) is 4.78. The molecule has 15 heavy (non-hydrogen) atoms. The summed E-state index contributed by atoms with van der Waals surface area (Å²) in [6.07, 6.45) is 1.65. The predicted molar refractivity (Wildman–Crippen MR) is 53.5 cm³/mol. The number of aliphatic hydroxyl groups is 1. The highest BCUT2D eigenvalue weighted by molar-refractivity contribution is 7.85. The topological polar surface area (TPSA) is 78.5 Å². The van der Waals surface area contributed by atoms with Crippen LogP contribution in [-0.4, -0.2) is 18.1 Å². The van der Waals surface area contributed by atoms with Crippen LogP contribution < -0.4 is 4.57 Å². The minimum atomic E-state index is -4.48. The molecule has 0 aliphatic heterocycles. The minimum Gasteiger partial charge on any atom is -0.367 e. The zero-order valence-electron chi connectivity index (χ0n) is 8.53. The number of nitrogens with zero attached hydrogens (tertiary/aromatic N) is 1. The third kappa shape index (κ3) is 2.74. The predicted octanol–water partition coefficient (Wildman–Crippen LogP) is 0.434. The molecular formula is C9H14NO4S+. The summed E-state index contributed by atoms with van der Waals surface area (Å²) in [6.45, 7) is 3.69. The van der Waals surface area contributed by atoms with Crippen molar-refractivity contribution in [3.63, 3.8) is 0 Å². The molecule has 1 unspecified atom stereocenters. The van der Waals surface area contributed by atoms with E-state index < -0.39 is 15.6 Å². The first-order chi connectivity index (χ1) is 6.84. The third-order valence-corrected chi connectivity index (χ3v) is 2.82. The maximum absolute atomic E-state index is 10.8. The van der Waals surface area contributed by atoms with Crippen molar-refractivity contribution in [2.75, 3.05) is 0 Å². The van der Waals surface area contributed by atoms with E-state index in [1.165, 1.54) is 6.07 Å². The van der Waals surface area contributed by atoms with E-state index in [0.29, 0.717) is 0 Å². The van der Waals surface area contributed by atoms with E-state index in [0.717, 1.165) is 0 Å². The lowest BCUT2D eigenvalue weighted by Gasteiger charge is -2.09. The number of rotatable bonds is 3. The molecule has 1 aromatic heterocycles. The van der Waals surface area contributed by atoms with Crippen LogP contribution in [0.25, 0.3) is 0 Å². The van der Waals surface area contributed by atoms with E-state index in [-0.39, 0.29) is 11.7 Å². The summed E-state index contributed by atoms with van der Waals surface area (Å²) in [5, 5.41) is 9.43. The Morgan fingerprint density at radius 2 is 1.93 bits per heavy atom. The minimum absolute atomic E-state index is 0.00222. The maximum Gasteiger partial charge on any atom is 0.302 e. The molecule has 0 aliphatic carbocycles. The van der Waals surface area contributed by atoms with Gasteiger partial charge in [0.05, 0.1) is 0 Å². The van der Waals surface area contributed by atoms with Gasteiger partial charge in [0.25, 0.3) is 5.44 Å². The molecule has 0 saturated heterocycles. The van der Waals surface area contributed by atoms with Gasteiger partial charge in [-0.2, -0.15) is 13.0 Å². The molecule has 0 fully saturated rings. The Kier molecular flexibility index (Phi) is 3.43. The van der Waals surface area contributed by atoms with Gasteiger partial charge in [0.1, 0.15) is 0 Å². The van der Waals surface area contributed by atoms with Crippen molar-refractivity contribution in [3.05, 3.63) is 30.1 Å². The van der Waals surface area contributed by atoms with Crippen molar-refractivity contribution in [1.82, 2.24) is 0 Å². The highest BCUT2D eigenvalue weighted by atomic mass is 32.2. The van der Waals surface area contributed by atoms with Gasteiger partial charge in [0.15, 0.2) is 12.2 Å². The molecule has 6 heteroatoms. The number of hydrogen-bond acceptors (Lipinski definition) is 3. The van der Waals surface area contributed by atoms with Gasteiger partial charge >= 0.3 is 10.1 Å². The van der Waals surface area contributed by atoms with Crippen molar-refractivity contribution in [1.29, 1.82) is 0 Å². The van der Waals surface area contributed by atoms with Crippen molar-refractivity contribution in [2.45, 2.75) is 25.3 Å². The van der Waals surface area contributed by atoms with E-state index in [4.69, 9.17) is 4.55 Å². The molecule has 0 aliphatic rings. The Labute approximate surface area is 88.7 Å². The first kappa shape index (κ1) is 12.1. The maximum atomic E-state index is 10.8. The molecule has 1 heterocycles. The van der Waals surface area contributed by atoms with Crippen LogP contribution in [0, 0.1) is 0 Å². The van der Waals surface area contributed by atoms with Crippen molar-refractivity contribution in [3.8, 4) is 0 Å². The highest BCUT2D eigenvalue weighted by Gasteiger charge is 2.31. The molecule has 0 radical (unpaired) electrons. The van der Waals surface area contributed by atoms with E-state index in [9.17, 15) is 13.5 Å². The average Bonchev–Trinajstić information content (AvgIpc) is 2.15. The third-order valence-electron chi connectivity index (χ3n) is 2.01. The van der Waals surface area contributed by atoms with Gasteiger partial charge in [-0.1, -0.05) is 0 Å². The fourth-order valence-electron chi connectivity index (χ4n) is 1.30. The van der Waals surface area contributed by atoms with Gasteiger partial charge in [-0.15, -0.1) is 0 Å². The van der Waals surface area contributed by atoms with Crippen molar-refractivity contribution < 1.29 is 22.6 Å². The Morgan fingerprint density at radius 1 is 1.33 bits per heavy atom. The van der Waals surface area contributed by atoms with Crippen LogP contribution in [-0.2, 0) is 10.1 Å². The van der Waals surface area contributed by atoms with Crippen LogP contribution in [0.4, 0.5) is 0 Å². The van der Waals surface area contributed by atoms with Gasteiger partial charge in [-0.25, -0.2) is 0 Å². The first-order valence-electron chi connectivity index (χ1n) is 4.48. The largest absolute Gasteiger partial charge is 0.367 e. The van der Waals surface area contributed by atoms with Crippen molar-refractivity contribution >= 4 is 10.1 Å². The second-order valence-corrected chi connectivity index (χ2v) is 4.97. The van der Waals surface area contributed by atoms with Gasteiger partial charge in [0.2, 0.25) is 5.69 Å². The monoisotopic (exact) mass is 232 g/mol. The summed E-state index contributed by atoms with van der Waals surface area (Å²) in [7, 11) is -4.48. The Bertz CT molecular complexity index is 441. The number of pyridine rings is 1. The summed E-state index contributed by atoms with van der Waals surface area (Å²) in [4.78, 5) is 0. The fraction of sp³-hybridized carbons (Fsp3) is 0.444. The molecule has 0 amide bonds. The molecule has 1 aromatic rings. The van der Waals surface area contributed by atoms with E-state index in [1.54, 1.807) is 22.9 Å². The molecule has 2 N–H and O–H groups in total. The van der Waals surface area contributed by atoms with E-state index in [1.807, 2.05) is 13.8 Å². The molecular weight excluding hydrogens is 218 g/mol. The summed E-state index contributed by atoms with van der Waals surface area (Å²) in [5.41, 5.74) is -1.75. The van der Waals surface area contributed by atoms with Crippen LogP contribution >= 0.6 is 0 Å². The summed E-state index contributed by atoms with van der Waals surface area (Å²) in [5.74, 6) is 0. The number of aliphatic hydroxyl groups excluding tert-OH is 1. The zero-order valence-corrected chi connectivity index (χ0v) is 9.35. The Morgan fingerprint density at radius 3 is 2.40 bits per heavy atom. The normalized spacial score (nSPS) is 14.2. The van der Waals surface area contributed by atoms with Crippen LogP contribution in [0.1, 0.15) is 31.0 Å². The SMILES string of the molecule is CC(C)[n+]1ccccc1C(O)S(=O)(=O)O. The molecule has 0 bridgehead atoms. The lowest BCUT2D eigenvalue weighted by molar-refractivity contribution is -0.725. The van der Waals surface area contributed by atoms with Crippen LogP contribution in [0.3, 0.4) is 0 Å². The molecule has 1 atom stereocenters. The van der Waals surface area contributed by atoms with Crippen molar-refractivity contribution in [2.24, 2.45) is 0 Å². The molecule has 84 valence electrons. The molecule has 1 rings (SSSR count). The zero-order chi connectivity index (χ0) is 11.6. The Hall–Kier alpha value is -0.980. The number of hydrogen-bond donors (Lipinski definition) is 2. The van der Waals surface area contributed by atoms with E-state index in [2.05, 4.69) is 0 Å². The van der Waals surface area contributed by atoms with Crippen LogP contribution in [0.2, 0.25) is 0 Å². The van der Waals surface area contributed by atoms with E-state index >= 15 is 0 Å². The van der Waals surface area contributed by atoms with Crippen LogP contribution in [0.15, 0.2) is 24.4 Å². The summed E-state index contributed by atoms with van der Waals surface area (Å²) < 4.78 is 31.9. The quantitative estimate of drug-likeness (QED) is 0.585. The Balaban J connectivity index is 3.26. The fourth-order valence-corrected chi connectivity index (χ4v) is 1.81. The second-order valence-electron chi connectivity index (χ2n) is 3.49. The van der Waals surface area contributed by atoms with Gasteiger partial charge in [-0.05, 0) is 19.9 Å². The van der Waals surface area contributed by atoms with Gasteiger partial charge in [0, 0.05) is 12.1 Å². The smallest absolute Gasteiger partial charge is 0.302 e. The average molecular weight is 232 g/mol. The molecule has 0 saturated carbocycles. The standard InChI is InChI=1S/C9H13NO4S/c1-7(2)10-6-4-3-5-8(10)9(11)15(12,13)14/h3-7,9,11H,1-2H3/p+1. The lowest BCUT2D eigenvalue weighted by Crippen LogP contribution is -2.42. The molecule has 0 aromatic carbocycles. The second kappa shape index (κ2) is 4.26. The molecule has 5 nitrogen and oxygen atoms in total. The summed E-state index contributed by atoms with van der Waals surface area (Å²) >= 11 is 0. The highest BCUT2D eigenvalue weighted by Crippen LogP contribution is 2.15. The molecule has 0 spiro atoms. The lowest BCUT2D eigenvalue weighted by atomic mass is 10.3. The first-order valence-corrected chi connectivity index (χ1v) is 5.99. The van der Waals surface area contributed by atoms with Gasteiger partial charge < -0.3 is 5.11 Å². The van der Waals surface area contributed by atoms with Crippen LogP contribution in [0.5, 0.6) is 0 Å².